The SMILES string of the molecule is CCOC(=O)/C=C/[C@H](C[C@@H]1CCNC1=O)NC(=O)[C@@H]1CCCN1C(=O)[C@@H](NC(=O)c1cc(C)on1)C(C)C. The molecule has 4 atom stereocenters. The minimum absolute atomic E-state index is 0.0730. The molecule has 38 heavy (non-hydrogen) atoms. The number of ether oxygens (including phenoxy) is 1. The number of hydrogen-bond donors (Lipinski definition) is 3. The predicted molar refractivity (Wildman–Crippen MR) is 136 cm³/mol. The van der Waals surface area contributed by atoms with E-state index in [1.54, 1.807) is 13.8 Å². The first-order valence-electron chi connectivity index (χ1n) is 13.1. The van der Waals surface area contributed by atoms with Crippen molar-refractivity contribution in [3.8, 4) is 0 Å². The Hall–Kier alpha value is -3.70. The maximum atomic E-state index is 13.5. The standard InChI is InChI=1S/C26H37N5O7/c1-5-37-21(32)9-8-18(14-17-10-11-27-23(17)33)28-25(35)20-7-6-12-31(20)26(36)22(15(2)3)29-24(34)19-13-16(4)38-30-19/h8-9,13,15,17-18,20,22H,5-7,10-12,14H2,1-4H3,(H,27,33)(H,28,35)(H,29,34)/b9-8+/t17-,18+,20-,22-/m0/s1. The molecular formula is C26H37N5O7. The summed E-state index contributed by atoms with van der Waals surface area (Å²) in [6, 6.07) is -0.729. The molecule has 1 aromatic heterocycles. The zero-order valence-corrected chi connectivity index (χ0v) is 22.3. The molecule has 0 aromatic carbocycles. The van der Waals surface area contributed by atoms with Crippen LogP contribution in [0, 0.1) is 18.8 Å². The molecule has 3 N–H and O–H groups in total. The predicted octanol–water partition coefficient (Wildman–Crippen LogP) is 0.859. The number of amides is 4. The molecule has 0 aliphatic carbocycles. The van der Waals surface area contributed by atoms with E-state index in [0.29, 0.717) is 44.5 Å². The highest BCUT2D eigenvalue weighted by Gasteiger charge is 2.39. The lowest BCUT2D eigenvalue weighted by molar-refractivity contribution is -0.140. The number of esters is 1. The first-order chi connectivity index (χ1) is 18.1. The Morgan fingerprint density at radius 2 is 2.03 bits per heavy atom. The van der Waals surface area contributed by atoms with E-state index in [0.717, 1.165) is 0 Å². The van der Waals surface area contributed by atoms with Gasteiger partial charge in [-0.3, -0.25) is 19.2 Å². The van der Waals surface area contributed by atoms with Gasteiger partial charge in [-0.2, -0.15) is 0 Å². The minimum atomic E-state index is -0.866. The molecule has 2 saturated heterocycles. The number of aromatic nitrogens is 1. The van der Waals surface area contributed by atoms with Crippen LogP contribution in [0.2, 0.25) is 0 Å². The number of carbonyl (C=O) groups excluding carboxylic acids is 5. The van der Waals surface area contributed by atoms with Crippen molar-refractivity contribution < 1.29 is 33.2 Å². The summed E-state index contributed by atoms with van der Waals surface area (Å²) in [6.45, 7) is 8.13. The molecule has 0 unspecified atom stereocenters. The van der Waals surface area contributed by atoms with Crippen molar-refractivity contribution in [1.29, 1.82) is 0 Å². The number of hydrogen-bond acceptors (Lipinski definition) is 8. The van der Waals surface area contributed by atoms with E-state index >= 15 is 0 Å². The molecule has 2 aliphatic heterocycles. The summed E-state index contributed by atoms with van der Waals surface area (Å²) in [7, 11) is 0. The van der Waals surface area contributed by atoms with Crippen LogP contribution in [-0.2, 0) is 23.9 Å². The second-order valence-corrected chi connectivity index (χ2v) is 9.95. The summed E-state index contributed by atoms with van der Waals surface area (Å²) < 4.78 is 9.89. The monoisotopic (exact) mass is 531 g/mol. The fourth-order valence-electron chi connectivity index (χ4n) is 4.71. The molecule has 0 spiro atoms. The van der Waals surface area contributed by atoms with E-state index in [9.17, 15) is 24.0 Å². The van der Waals surface area contributed by atoms with E-state index in [1.165, 1.54) is 23.1 Å². The fraction of sp³-hybridized carbons (Fsp3) is 0.615. The van der Waals surface area contributed by atoms with Gasteiger partial charge in [0.2, 0.25) is 17.7 Å². The molecule has 208 valence electrons. The van der Waals surface area contributed by atoms with Crippen LogP contribution in [0.3, 0.4) is 0 Å². The Balaban J connectivity index is 1.71. The third kappa shape index (κ3) is 7.42. The molecule has 0 radical (unpaired) electrons. The molecular weight excluding hydrogens is 494 g/mol. The Morgan fingerprint density at radius 3 is 2.63 bits per heavy atom. The smallest absolute Gasteiger partial charge is 0.330 e. The highest BCUT2D eigenvalue weighted by molar-refractivity contribution is 5.97. The van der Waals surface area contributed by atoms with Crippen molar-refractivity contribution >= 4 is 29.6 Å². The minimum Gasteiger partial charge on any atom is -0.463 e. The lowest BCUT2D eigenvalue weighted by Crippen LogP contribution is -2.56. The Kier molecular flexibility index (Phi) is 10.0. The van der Waals surface area contributed by atoms with Gasteiger partial charge in [0.15, 0.2) is 5.69 Å². The van der Waals surface area contributed by atoms with Crippen LogP contribution >= 0.6 is 0 Å². The maximum absolute atomic E-state index is 13.5. The van der Waals surface area contributed by atoms with Crippen molar-refractivity contribution in [2.24, 2.45) is 11.8 Å². The summed E-state index contributed by atoms with van der Waals surface area (Å²) in [6.07, 6.45) is 4.80. The van der Waals surface area contributed by atoms with Gasteiger partial charge in [0, 0.05) is 37.2 Å². The number of aryl methyl sites for hydroxylation is 1. The highest BCUT2D eigenvalue weighted by atomic mass is 16.5. The second kappa shape index (κ2) is 13.2. The van der Waals surface area contributed by atoms with Crippen LogP contribution in [0.15, 0.2) is 22.7 Å². The summed E-state index contributed by atoms with van der Waals surface area (Å²) in [4.78, 5) is 65.0. The topological polar surface area (TPSA) is 160 Å². The van der Waals surface area contributed by atoms with Crippen molar-refractivity contribution in [2.75, 3.05) is 19.7 Å². The van der Waals surface area contributed by atoms with Gasteiger partial charge in [-0.25, -0.2) is 4.79 Å². The number of carbonyl (C=O) groups is 5. The first kappa shape index (κ1) is 28.9. The molecule has 4 amide bonds. The summed E-state index contributed by atoms with van der Waals surface area (Å²) in [5, 5.41) is 12.1. The van der Waals surface area contributed by atoms with Gasteiger partial charge < -0.3 is 30.1 Å². The van der Waals surface area contributed by atoms with Crippen LogP contribution in [0.1, 0.15) is 62.7 Å². The fourth-order valence-corrected chi connectivity index (χ4v) is 4.71. The first-order valence-corrected chi connectivity index (χ1v) is 13.1. The Morgan fingerprint density at radius 1 is 1.26 bits per heavy atom. The zero-order valence-electron chi connectivity index (χ0n) is 22.3. The van der Waals surface area contributed by atoms with Crippen LogP contribution < -0.4 is 16.0 Å². The number of nitrogens with one attached hydrogen (secondary N) is 3. The lowest BCUT2D eigenvalue weighted by atomic mass is 9.97. The zero-order chi connectivity index (χ0) is 27.8. The highest BCUT2D eigenvalue weighted by Crippen LogP contribution is 2.22. The van der Waals surface area contributed by atoms with Gasteiger partial charge >= 0.3 is 5.97 Å². The van der Waals surface area contributed by atoms with Gasteiger partial charge in [0.25, 0.3) is 5.91 Å². The number of rotatable bonds is 11. The normalized spacial score (nSPS) is 20.9. The summed E-state index contributed by atoms with van der Waals surface area (Å²) >= 11 is 0. The molecule has 12 heteroatoms. The molecule has 3 heterocycles. The number of likely N-dealkylation sites (tertiary alicyclic amines) is 1. The van der Waals surface area contributed by atoms with E-state index in [4.69, 9.17) is 9.26 Å². The lowest BCUT2D eigenvalue weighted by Gasteiger charge is -2.31. The van der Waals surface area contributed by atoms with Crippen molar-refractivity contribution in [3.63, 3.8) is 0 Å². The Labute approximate surface area is 221 Å². The van der Waals surface area contributed by atoms with Gasteiger partial charge in [-0.05, 0) is 45.4 Å². The Bertz CT molecular complexity index is 1070. The third-order valence-electron chi connectivity index (χ3n) is 6.70. The largest absolute Gasteiger partial charge is 0.463 e. The van der Waals surface area contributed by atoms with Crippen LogP contribution in [0.4, 0.5) is 0 Å². The van der Waals surface area contributed by atoms with Gasteiger partial charge in [-0.1, -0.05) is 25.1 Å². The van der Waals surface area contributed by atoms with Crippen LogP contribution in [-0.4, -0.2) is 77.5 Å². The molecule has 2 fully saturated rings. The second-order valence-electron chi connectivity index (χ2n) is 9.95. The molecule has 0 saturated carbocycles. The van der Waals surface area contributed by atoms with Crippen LogP contribution in [0.25, 0.3) is 0 Å². The van der Waals surface area contributed by atoms with E-state index < -0.39 is 30.0 Å². The van der Waals surface area contributed by atoms with Crippen molar-refractivity contribution in [2.45, 2.75) is 71.5 Å². The summed E-state index contributed by atoms with van der Waals surface area (Å²) in [5.74, 6) is -1.98. The van der Waals surface area contributed by atoms with Gasteiger partial charge in [0.05, 0.1) is 6.61 Å². The van der Waals surface area contributed by atoms with Crippen molar-refractivity contribution in [3.05, 3.63) is 29.7 Å². The molecule has 2 aliphatic rings. The van der Waals surface area contributed by atoms with E-state index in [1.807, 2.05) is 13.8 Å². The molecule has 12 nitrogen and oxygen atoms in total. The molecule has 3 rings (SSSR count). The average Bonchev–Trinajstić information content (AvgIpc) is 3.62. The van der Waals surface area contributed by atoms with Gasteiger partial charge in [-0.15, -0.1) is 0 Å². The molecule has 1 aromatic rings. The van der Waals surface area contributed by atoms with E-state index in [-0.39, 0.29) is 41.9 Å². The average molecular weight is 532 g/mol. The number of nitrogens with zero attached hydrogens (tertiary/aromatic N) is 2. The maximum Gasteiger partial charge on any atom is 0.330 e. The van der Waals surface area contributed by atoms with Crippen molar-refractivity contribution in [1.82, 2.24) is 26.0 Å². The van der Waals surface area contributed by atoms with E-state index in [2.05, 4.69) is 21.1 Å². The van der Waals surface area contributed by atoms with Crippen LogP contribution in [0.5, 0.6) is 0 Å². The van der Waals surface area contributed by atoms with Gasteiger partial charge in [0.1, 0.15) is 17.8 Å². The molecule has 0 bridgehead atoms. The summed E-state index contributed by atoms with van der Waals surface area (Å²) in [5.41, 5.74) is 0.0730. The third-order valence-corrected chi connectivity index (χ3v) is 6.70. The quantitative estimate of drug-likeness (QED) is 0.280.